The lowest BCUT2D eigenvalue weighted by Gasteiger charge is -2.15. The summed E-state index contributed by atoms with van der Waals surface area (Å²) >= 11 is 0. The summed E-state index contributed by atoms with van der Waals surface area (Å²) in [4.78, 5) is 21.2. The largest absolute Gasteiger partial charge is 0.485 e. The number of unbranched alkanes of at least 4 members (excludes halogenated alkanes) is 1. The number of carbonyl (C=O) groups excluding carboxylic acids is 1. The van der Waals surface area contributed by atoms with Crippen LogP contribution in [0.3, 0.4) is 0 Å². The van der Waals surface area contributed by atoms with Crippen molar-refractivity contribution >= 4 is 12.3 Å². The molecule has 1 atom stereocenters. The van der Waals surface area contributed by atoms with Crippen LogP contribution in [-0.2, 0) is 18.0 Å². The molecule has 0 amide bonds. The van der Waals surface area contributed by atoms with Gasteiger partial charge in [-0.1, -0.05) is 86.3 Å². The van der Waals surface area contributed by atoms with E-state index in [1.54, 1.807) is 18.2 Å². The predicted octanol–water partition coefficient (Wildman–Crippen LogP) is 5.46. The van der Waals surface area contributed by atoms with Crippen LogP contribution in [0.5, 0.6) is 11.5 Å². The molecule has 41 heavy (non-hydrogen) atoms. The molecule has 3 aromatic rings. The number of nitrogens with two attached hydrogens (primary N) is 3. The van der Waals surface area contributed by atoms with Crippen LogP contribution in [0.25, 0.3) is 0 Å². The summed E-state index contributed by atoms with van der Waals surface area (Å²) in [6.07, 6.45) is 9.63. The van der Waals surface area contributed by atoms with Crippen LogP contribution in [0.2, 0.25) is 0 Å². The minimum absolute atomic E-state index is 0.421. The maximum atomic E-state index is 11.0. The Labute approximate surface area is 243 Å². The molecule has 1 fully saturated rings. The Morgan fingerprint density at radius 3 is 1.88 bits per heavy atom. The van der Waals surface area contributed by atoms with Gasteiger partial charge in [0.2, 0.25) is 0 Å². The fraction of sp³-hybridized carbons (Fsp3) is 0.394. The minimum Gasteiger partial charge on any atom is -0.485 e. The summed E-state index contributed by atoms with van der Waals surface area (Å²) in [5.41, 5.74) is 18.7. The number of carbonyl (C=O) groups is 2. The average Bonchev–Trinajstić information content (AvgIpc) is 3.01. The van der Waals surface area contributed by atoms with Crippen LogP contribution in [0.4, 0.5) is 0 Å². The molecular formula is C33H45N3O5. The molecule has 0 aliphatic heterocycles. The van der Waals surface area contributed by atoms with Crippen LogP contribution in [0.1, 0.15) is 72.9 Å². The van der Waals surface area contributed by atoms with Gasteiger partial charge in [-0.3, -0.25) is 9.59 Å². The summed E-state index contributed by atoms with van der Waals surface area (Å²) in [6.45, 7) is 1.47. The Morgan fingerprint density at radius 1 is 0.854 bits per heavy atom. The molecule has 0 spiro atoms. The first-order valence-electron chi connectivity index (χ1n) is 14.3. The first kappa shape index (κ1) is 33.5. The van der Waals surface area contributed by atoms with Crippen molar-refractivity contribution in [3.05, 3.63) is 95.6 Å². The van der Waals surface area contributed by atoms with E-state index in [0.29, 0.717) is 49.3 Å². The lowest BCUT2D eigenvalue weighted by molar-refractivity contribution is -0.138. The third-order valence-electron chi connectivity index (χ3n) is 6.51. The van der Waals surface area contributed by atoms with Crippen LogP contribution in [-0.4, -0.2) is 36.0 Å². The number of carboxylic acids is 1. The van der Waals surface area contributed by atoms with Crippen molar-refractivity contribution in [1.82, 2.24) is 0 Å². The van der Waals surface area contributed by atoms with Crippen molar-refractivity contribution in [2.24, 2.45) is 17.2 Å². The van der Waals surface area contributed by atoms with Crippen LogP contribution in [0, 0.1) is 0 Å². The number of aldehydes is 1. The Kier molecular flexibility index (Phi) is 16.5. The normalized spacial score (nSPS) is 13.4. The molecule has 0 aromatic heterocycles. The van der Waals surface area contributed by atoms with Gasteiger partial charge in [0.1, 0.15) is 25.5 Å². The lowest BCUT2D eigenvalue weighted by atomic mass is 9.97. The maximum Gasteiger partial charge on any atom is 0.320 e. The Bertz CT molecular complexity index is 1120. The van der Waals surface area contributed by atoms with Gasteiger partial charge in [-0.2, -0.15) is 0 Å². The van der Waals surface area contributed by atoms with E-state index in [0.717, 1.165) is 30.3 Å². The highest BCUT2D eigenvalue weighted by Crippen LogP contribution is 2.29. The second kappa shape index (κ2) is 20.2. The molecule has 8 nitrogen and oxygen atoms in total. The molecule has 222 valence electrons. The Hall–Kier alpha value is -3.72. The molecule has 3 aromatic carbocycles. The van der Waals surface area contributed by atoms with E-state index in [-0.39, 0.29) is 0 Å². The zero-order chi connectivity index (χ0) is 29.7. The molecule has 1 aliphatic carbocycles. The number of hydrogen-bond acceptors (Lipinski definition) is 7. The van der Waals surface area contributed by atoms with Crippen LogP contribution >= 0.6 is 0 Å². The predicted molar refractivity (Wildman–Crippen MR) is 163 cm³/mol. The van der Waals surface area contributed by atoms with Crippen molar-refractivity contribution in [3.8, 4) is 11.5 Å². The zero-order valence-corrected chi connectivity index (χ0v) is 23.8. The molecule has 4 rings (SSSR count). The monoisotopic (exact) mass is 563 g/mol. The molecule has 0 radical (unpaired) electrons. The van der Waals surface area contributed by atoms with Crippen LogP contribution in [0.15, 0.2) is 78.9 Å². The van der Waals surface area contributed by atoms with Gasteiger partial charge >= 0.3 is 5.97 Å². The third kappa shape index (κ3) is 14.5. The highest BCUT2D eigenvalue weighted by atomic mass is 16.5. The third-order valence-corrected chi connectivity index (χ3v) is 6.51. The quantitative estimate of drug-likeness (QED) is 0.167. The topological polar surface area (TPSA) is 151 Å². The second-order valence-electron chi connectivity index (χ2n) is 10.00. The average molecular weight is 564 g/mol. The smallest absolute Gasteiger partial charge is 0.320 e. The van der Waals surface area contributed by atoms with Gasteiger partial charge in [0.15, 0.2) is 11.5 Å². The number of ether oxygens (including phenoxy) is 2. The minimum atomic E-state index is -0.933. The first-order valence-corrected chi connectivity index (χ1v) is 14.3. The van der Waals surface area contributed by atoms with E-state index >= 15 is 0 Å². The summed E-state index contributed by atoms with van der Waals surface area (Å²) in [6, 6.07) is 24.8. The van der Waals surface area contributed by atoms with Crippen LogP contribution < -0.4 is 26.7 Å². The number of hydrogen-bond donors (Lipinski definition) is 4. The molecule has 8 heteroatoms. The van der Waals surface area contributed by atoms with Crippen molar-refractivity contribution in [2.45, 2.75) is 76.7 Å². The van der Waals surface area contributed by atoms with Gasteiger partial charge in [0, 0.05) is 11.6 Å². The maximum absolute atomic E-state index is 11.0. The fourth-order valence-corrected chi connectivity index (χ4v) is 4.07. The molecule has 1 saturated carbocycles. The van der Waals surface area contributed by atoms with Gasteiger partial charge in [-0.15, -0.1) is 0 Å². The van der Waals surface area contributed by atoms with Gasteiger partial charge < -0.3 is 31.8 Å². The second-order valence-corrected chi connectivity index (χ2v) is 10.00. The number of carboxylic acid groups (broad SMARTS) is 1. The summed E-state index contributed by atoms with van der Waals surface area (Å²) < 4.78 is 11.7. The Balaban J connectivity index is 0.000000284. The van der Waals surface area contributed by atoms with Gasteiger partial charge in [0.05, 0.1) is 0 Å². The number of benzene rings is 3. The van der Waals surface area contributed by atoms with Crippen molar-refractivity contribution in [3.63, 3.8) is 0 Å². The zero-order valence-electron chi connectivity index (χ0n) is 23.8. The van der Waals surface area contributed by atoms with E-state index in [1.807, 2.05) is 60.7 Å². The number of rotatable bonds is 12. The van der Waals surface area contributed by atoms with Gasteiger partial charge in [0.25, 0.3) is 0 Å². The van der Waals surface area contributed by atoms with Crippen molar-refractivity contribution < 1.29 is 24.2 Å². The van der Waals surface area contributed by atoms with Gasteiger partial charge in [-0.05, 0) is 61.6 Å². The first-order chi connectivity index (χ1) is 19.9. The van der Waals surface area contributed by atoms with E-state index < -0.39 is 12.0 Å². The molecule has 7 N–H and O–H groups in total. The summed E-state index contributed by atoms with van der Waals surface area (Å²) in [5.74, 6) is 0.261. The molecular weight excluding hydrogens is 518 g/mol. The van der Waals surface area contributed by atoms with Crippen molar-refractivity contribution in [1.29, 1.82) is 0 Å². The van der Waals surface area contributed by atoms with E-state index in [2.05, 4.69) is 0 Å². The van der Waals surface area contributed by atoms with E-state index in [1.165, 1.54) is 32.1 Å². The molecule has 0 heterocycles. The van der Waals surface area contributed by atoms with E-state index in [4.69, 9.17) is 31.8 Å². The molecule has 0 saturated heterocycles. The highest BCUT2D eigenvalue weighted by Gasteiger charge is 2.10. The Morgan fingerprint density at radius 2 is 1.41 bits per heavy atom. The standard InChI is InChI=1S/C21H18O3.C6H14N2O2.C6H13N/c22-14-19-11-12-20(23-15-17-7-3-1-4-8-17)21(13-19)24-16-18-9-5-2-6-10-18;7-4-2-1-3-5(8)6(9)10;7-6-4-2-1-3-5-6/h1-14H,15-16H2;5H,1-4,7-8H2,(H,9,10);6H,1-5,7H2/t;5-;/m.0./s1. The summed E-state index contributed by atoms with van der Waals surface area (Å²) in [5, 5.41) is 8.33. The fourth-order valence-electron chi connectivity index (χ4n) is 4.07. The molecule has 1 aliphatic rings. The highest BCUT2D eigenvalue weighted by molar-refractivity contribution is 5.76. The van der Waals surface area contributed by atoms with Gasteiger partial charge in [-0.25, -0.2) is 0 Å². The summed E-state index contributed by atoms with van der Waals surface area (Å²) in [7, 11) is 0. The lowest BCUT2D eigenvalue weighted by Crippen LogP contribution is -2.29. The molecule has 0 unspecified atom stereocenters. The van der Waals surface area contributed by atoms with E-state index in [9.17, 15) is 9.59 Å². The number of aliphatic carboxylic acids is 1. The molecule has 0 bridgehead atoms. The van der Waals surface area contributed by atoms with Crippen molar-refractivity contribution in [2.75, 3.05) is 6.54 Å². The SMILES string of the molecule is NC1CCCCC1.NCCCC[C@H](N)C(=O)O.O=Cc1ccc(OCc2ccccc2)c(OCc2ccccc2)c1.